The van der Waals surface area contributed by atoms with Crippen molar-refractivity contribution in [3.8, 4) is 0 Å². The fraction of sp³-hybridized carbons (Fsp3) is 0.500. The zero-order chi connectivity index (χ0) is 8.43. The predicted octanol–water partition coefficient (Wildman–Crippen LogP) is 1.05. The molecule has 1 rings (SSSR count). The third-order valence-electron chi connectivity index (χ3n) is 1.28. The van der Waals surface area contributed by atoms with Crippen molar-refractivity contribution in [3.05, 3.63) is 18.7 Å². The maximum absolute atomic E-state index is 12.5. The largest absolute Gasteiger partial charge is 0.308 e. The Kier molecular flexibility index (Phi) is 2.16. The number of halogens is 3. The van der Waals surface area contributed by atoms with Crippen LogP contribution in [0.2, 0.25) is 0 Å². The Hall–Kier alpha value is -1.00. The molecule has 62 valence electrons. The van der Waals surface area contributed by atoms with Gasteiger partial charge in [0.2, 0.25) is 6.33 Å². The van der Waals surface area contributed by atoms with Gasteiger partial charge < -0.3 is 0 Å². The Morgan fingerprint density at radius 3 is 2.36 bits per heavy atom. The van der Waals surface area contributed by atoms with Crippen molar-refractivity contribution in [2.24, 2.45) is 7.05 Å². The maximum atomic E-state index is 12.5. The Labute approximate surface area is 61.9 Å². The zero-order valence-electron chi connectivity index (χ0n) is 5.92. The molecule has 5 heteroatoms. The van der Waals surface area contributed by atoms with Crippen LogP contribution >= 0.6 is 0 Å². The van der Waals surface area contributed by atoms with E-state index < -0.39 is 12.7 Å². The smallest absolute Gasteiger partial charge is 0.239 e. The lowest BCUT2D eigenvalue weighted by Crippen LogP contribution is -2.24. The molecule has 1 heterocycles. The summed E-state index contributed by atoms with van der Waals surface area (Å²) in [6.07, 6.45) is -1.19. The predicted molar refractivity (Wildman–Crippen MR) is 31.8 cm³/mol. The number of rotatable bonds is 2. The number of hydrogen-bond acceptors (Lipinski definition) is 0. The molecule has 0 N–H and O–H groups in total. The normalized spacial score (nSPS) is 13.9. The van der Waals surface area contributed by atoms with Crippen LogP contribution in [0.5, 0.6) is 0 Å². The highest BCUT2D eigenvalue weighted by Gasteiger charge is 2.25. The van der Waals surface area contributed by atoms with Crippen LogP contribution in [0.15, 0.2) is 18.7 Å². The second kappa shape index (κ2) is 2.94. The van der Waals surface area contributed by atoms with Crippen LogP contribution in [-0.4, -0.2) is 11.0 Å². The summed E-state index contributed by atoms with van der Waals surface area (Å²) in [6, 6.07) is 0. The second-order valence-electron chi connectivity index (χ2n) is 2.23. The number of nitrogens with zero attached hydrogens (tertiary/aromatic N) is 2. The molecule has 0 spiro atoms. The van der Waals surface area contributed by atoms with Gasteiger partial charge in [-0.1, -0.05) is 0 Å². The third kappa shape index (κ3) is 1.72. The highest BCUT2D eigenvalue weighted by atomic mass is 19.3. The van der Waals surface area contributed by atoms with Gasteiger partial charge in [0.1, 0.15) is 12.4 Å². The standard InChI is InChI=1S/C6H8F3N2/c1-10-2-3-11(4-10)6(9)5(7)8/h2-6H,1H3/q+1. The van der Waals surface area contributed by atoms with E-state index in [-0.39, 0.29) is 0 Å². The van der Waals surface area contributed by atoms with Crippen molar-refractivity contribution in [1.29, 1.82) is 0 Å². The first kappa shape index (κ1) is 8.10. The molecule has 0 aromatic carbocycles. The first-order chi connectivity index (χ1) is 5.11. The molecular weight excluding hydrogens is 157 g/mol. The van der Waals surface area contributed by atoms with Crippen molar-refractivity contribution >= 4 is 0 Å². The number of hydrogen-bond donors (Lipinski definition) is 0. The summed E-state index contributed by atoms with van der Waals surface area (Å²) in [7, 11) is 1.63. The first-order valence-corrected chi connectivity index (χ1v) is 3.06. The van der Waals surface area contributed by atoms with Gasteiger partial charge in [0.15, 0.2) is 0 Å². The van der Waals surface area contributed by atoms with Gasteiger partial charge in [0, 0.05) is 0 Å². The number of aryl methyl sites for hydroxylation is 1. The van der Waals surface area contributed by atoms with Gasteiger partial charge in [-0.05, 0) is 0 Å². The van der Waals surface area contributed by atoms with Crippen LogP contribution in [0, 0.1) is 0 Å². The van der Waals surface area contributed by atoms with Gasteiger partial charge in [-0.15, -0.1) is 0 Å². The molecule has 1 unspecified atom stereocenters. The van der Waals surface area contributed by atoms with Gasteiger partial charge in [0.05, 0.1) is 7.05 Å². The molecule has 0 bridgehead atoms. The van der Waals surface area contributed by atoms with Crippen LogP contribution < -0.4 is 4.57 Å². The van der Waals surface area contributed by atoms with E-state index in [0.29, 0.717) is 0 Å². The summed E-state index contributed by atoms with van der Waals surface area (Å²) < 4.78 is 38.2. The molecule has 1 aromatic heterocycles. The van der Waals surface area contributed by atoms with Crippen molar-refractivity contribution < 1.29 is 17.7 Å². The minimum absolute atomic E-state index is 0.824. The van der Waals surface area contributed by atoms with E-state index >= 15 is 0 Å². The van der Waals surface area contributed by atoms with Gasteiger partial charge in [-0.3, -0.25) is 0 Å². The summed E-state index contributed by atoms with van der Waals surface area (Å²) in [5.74, 6) is 0. The second-order valence-corrected chi connectivity index (χ2v) is 2.23. The fourth-order valence-corrected chi connectivity index (χ4v) is 0.745. The summed E-state index contributed by atoms with van der Waals surface area (Å²) in [6.45, 7) is 0. The lowest BCUT2D eigenvalue weighted by Gasteiger charge is -2.00. The molecule has 0 aliphatic carbocycles. The molecule has 1 aromatic rings. The average Bonchev–Trinajstić information content (AvgIpc) is 2.34. The Morgan fingerprint density at radius 2 is 2.00 bits per heavy atom. The van der Waals surface area contributed by atoms with E-state index in [4.69, 9.17) is 0 Å². The molecule has 0 saturated heterocycles. The molecule has 0 amide bonds. The van der Waals surface area contributed by atoms with Crippen molar-refractivity contribution in [1.82, 2.24) is 4.57 Å². The SMILES string of the molecule is C[n+]1ccn(C(F)C(F)F)c1. The van der Waals surface area contributed by atoms with Crippen molar-refractivity contribution in [3.63, 3.8) is 0 Å². The first-order valence-electron chi connectivity index (χ1n) is 3.06. The van der Waals surface area contributed by atoms with Crippen LogP contribution in [0.3, 0.4) is 0 Å². The van der Waals surface area contributed by atoms with Gasteiger partial charge in [-0.25, -0.2) is 17.9 Å². The van der Waals surface area contributed by atoms with Crippen LogP contribution in [0.4, 0.5) is 13.2 Å². The summed E-state index contributed by atoms with van der Waals surface area (Å²) >= 11 is 0. The molecule has 2 nitrogen and oxygen atoms in total. The van der Waals surface area contributed by atoms with E-state index in [2.05, 4.69) is 0 Å². The fourth-order valence-electron chi connectivity index (χ4n) is 0.745. The average molecular weight is 165 g/mol. The molecule has 0 radical (unpaired) electrons. The van der Waals surface area contributed by atoms with E-state index in [9.17, 15) is 13.2 Å². The van der Waals surface area contributed by atoms with E-state index in [0.717, 1.165) is 4.57 Å². The highest BCUT2D eigenvalue weighted by Crippen LogP contribution is 2.15. The van der Waals surface area contributed by atoms with E-state index in [1.807, 2.05) is 0 Å². The molecule has 0 aliphatic heterocycles. The molecule has 0 aliphatic rings. The quantitative estimate of drug-likeness (QED) is 0.579. The van der Waals surface area contributed by atoms with Crippen LogP contribution in [-0.2, 0) is 7.05 Å². The summed E-state index contributed by atoms with van der Waals surface area (Å²) in [5, 5.41) is 0. The van der Waals surface area contributed by atoms with Crippen LogP contribution in [0.1, 0.15) is 6.30 Å². The molecule has 0 fully saturated rings. The topological polar surface area (TPSA) is 8.81 Å². The summed E-state index contributed by atoms with van der Waals surface area (Å²) in [4.78, 5) is 0. The van der Waals surface area contributed by atoms with Gasteiger partial charge in [-0.2, -0.15) is 4.39 Å². The van der Waals surface area contributed by atoms with Crippen molar-refractivity contribution in [2.45, 2.75) is 12.7 Å². The van der Waals surface area contributed by atoms with Crippen LogP contribution in [0.25, 0.3) is 0 Å². The third-order valence-corrected chi connectivity index (χ3v) is 1.28. The van der Waals surface area contributed by atoms with E-state index in [1.165, 1.54) is 23.3 Å². The zero-order valence-corrected chi connectivity index (χ0v) is 5.92. The number of aromatic nitrogens is 2. The highest BCUT2D eigenvalue weighted by molar-refractivity contribution is 4.70. The minimum Gasteiger partial charge on any atom is -0.239 e. The number of imidazole rings is 1. The lowest BCUT2D eigenvalue weighted by molar-refractivity contribution is -0.671. The minimum atomic E-state index is -2.97. The molecule has 11 heavy (non-hydrogen) atoms. The van der Waals surface area contributed by atoms with Crippen molar-refractivity contribution in [2.75, 3.05) is 0 Å². The Bertz CT molecular complexity index is 233. The molecule has 0 saturated carbocycles. The molecule has 1 atom stereocenters. The monoisotopic (exact) mass is 165 g/mol. The van der Waals surface area contributed by atoms with Gasteiger partial charge >= 0.3 is 6.43 Å². The number of alkyl halides is 3. The molecular formula is C6H8F3N2+. The summed E-state index contributed by atoms with van der Waals surface area (Å²) in [5.41, 5.74) is 0. The Balaban J connectivity index is 2.76. The van der Waals surface area contributed by atoms with Gasteiger partial charge in [0.25, 0.3) is 6.30 Å². The Morgan fingerprint density at radius 1 is 1.36 bits per heavy atom. The lowest BCUT2D eigenvalue weighted by atomic mass is 10.6. The maximum Gasteiger partial charge on any atom is 0.308 e. The van der Waals surface area contributed by atoms with E-state index in [1.54, 1.807) is 7.05 Å².